The second kappa shape index (κ2) is 4.23. The Morgan fingerprint density at radius 2 is 2.21 bits per heavy atom. The molecule has 0 bridgehead atoms. The van der Waals surface area contributed by atoms with Gasteiger partial charge < -0.3 is 10.5 Å². The first-order valence-corrected chi connectivity index (χ1v) is 7.31. The van der Waals surface area contributed by atoms with Crippen LogP contribution in [0.1, 0.15) is 32.3 Å². The number of nitrogens with zero attached hydrogens (tertiary/aromatic N) is 1. The first kappa shape index (κ1) is 12.5. The van der Waals surface area contributed by atoms with Crippen molar-refractivity contribution in [2.75, 3.05) is 12.3 Å². The molecule has 0 aliphatic carbocycles. The molecule has 2 aromatic heterocycles. The third-order valence-electron chi connectivity index (χ3n) is 3.65. The van der Waals surface area contributed by atoms with Crippen LogP contribution in [0.15, 0.2) is 23.7 Å². The highest BCUT2D eigenvalue weighted by atomic mass is 32.1. The van der Waals surface area contributed by atoms with Crippen molar-refractivity contribution in [1.29, 1.82) is 0 Å². The molecule has 1 atom stereocenters. The van der Waals surface area contributed by atoms with Gasteiger partial charge in [-0.3, -0.25) is 0 Å². The number of hydrogen-bond donors (Lipinski definition) is 1. The van der Waals surface area contributed by atoms with Crippen LogP contribution in [0.3, 0.4) is 0 Å². The van der Waals surface area contributed by atoms with Crippen LogP contribution < -0.4 is 10.5 Å². The monoisotopic (exact) mass is 274 g/mol. The standard InChI is InChI=1S/C15H18N2OS/c1-15(2,3)11-8-18-12-6-13(16)17-7-10(12)14-9(11)4-5-19-14/h4-7,11H,8H2,1-3H3,(H2,16,17). The number of pyridine rings is 1. The molecule has 0 saturated heterocycles. The quantitative estimate of drug-likeness (QED) is 0.792. The zero-order chi connectivity index (χ0) is 13.6. The number of rotatable bonds is 0. The summed E-state index contributed by atoms with van der Waals surface area (Å²) < 4.78 is 6.00. The molecule has 2 N–H and O–H groups in total. The highest BCUT2D eigenvalue weighted by Gasteiger charge is 2.33. The van der Waals surface area contributed by atoms with Crippen molar-refractivity contribution < 1.29 is 4.74 Å². The number of nitrogen functional groups attached to an aromatic ring is 1. The summed E-state index contributed by atoms with van der Waals surface area (Å²) in [7, 11) is 0. The predicted molar refractivity (Wildman–Crippen MR) is 79.7 cm³/mol. The number of ether oxygens (including phenoxy) is 1. The molecule has 1 aliphatic rings. The van der Waals surface area contributed by atoms with E-state index >= 15 is 0 Å². The Kier molecular flexibility index (Phi) is 2.78. The molecular weight excluding hydrogens is 256 g/mol. The predicted octanol–water partition coefficient (Wildman–Crippen LogP) is 3.91. The number of fused-ring (bicyclic) bond motifs is 3. The SMILES string of the molecule is CC(C)(C)C1COc2cc(N)ncc2-c2sccc21. The summed E-state index contributed by atoms with van der Waals surface area (Å²) in [5.41, 5.74) is 8.35. The smallest absolute Gasteiger partial charge is 0.133 e. The van der Waals surface area contributed by atoms with Crippen LogP contribution in [-0.4, -0.2) is 11.6 Å². The summed E-state index contributed by atoms with van der Waals surface area (Å²) in [5.74, 6) is 1.73. The molecule has 0 aromatic carbocycles. The minimum Gasteiger partial charge on any atom is -0.492 e. The lowest BCUT2D eigenvalue weighted by atomic mass is 9.77. The van der Waals surface area contributed by atoms with Gasteiger partial charge in [0.15, 0.2) is 0 Å². The van der Waals surface area contributed by atoms with E-state index in [9.17, 15) is 0 Å². The van der Waals surface area contributed by atoms with Gasteiger partial charge in [0.1, 0.15) is 11.6 Å². The van der Waals surface area contributed by atoms with Gasteiger partial charge in [0.2, 0.25) is 0 Å². The van der Waals surface area contributed by atoms with Crippen LogP contribution in [-0.2, 0) is 0 Å². The average molecular weight is 274 g/mol. The summed E-state index contributed by atoms with van der Waals surface area (Å²) >= 11 is 1.75. The number of hydrogen-bond acceptors (Lipinski definition) is 4. The minimum atomic E-state index is 0.164. The van der Waals surface area contributed by atoms with E-state index in [1.54, 1.807) is 11.3 Å². The molecule has 0 saturated carbocycles. The molecule has 2 aromatic rings. The highest BCUT2D eigenvalue weighted by molar-refractivity contribution is 7.13. The summed E-state index contributed by atoms with van der Waals surface area (Å²) in [6.07, 6.45) is 1.82. The summed E-state index contributed by atoms with van der Waals surface area (Å²) in [6.45, 7) is 7.45. The molecule has 3 heterocycles. The van der Waals surface area contributed by atoms with E-state index < -0.39 is 0 Å². The Bertz CT molecular complexity index is 613. The Labute approximate surface area is 117 Å². The van der Waals surface area contributed by atoms with Gasteiger partial charge in [-0.05, 0) is 22.4 Å². The van der Waals surface area contributed by atoms with Crippen LogP contribution in [0, 0.1) is 5.41 Å². The molecule has 1 aliphatic heterocycles. The summed E-state index contributed by atoms with van der Waals surface area (Å²) in [4.78, 5) is 5.47. The molecule has 0 radical (unpaired) electrons. The summed E-state index contributed by atoms with van der Waals surface area (Å²) in [6, 6.07) is 4.04. The number of anilines is 1. The van der Waals surface area contributed by atoms with Gasteiger partial charge in [-0.1, -0.05) is 20.8 Å². The van der Waals surface area contributed by atoms with Crippen molar-refractivity contribution in [3.8, 4) is 16.2 Å². The molecular formula is C15H18N2OS. The molecule has 3 rings (SSSR count). The van der Waals surface area contributed by atoms with Crippen molar-refractivity contribution >= 4 is 17.2 Å². The van der Waals surface area contributed by atoms with Crippen molar-refractivity contribution in [3.05, 3.63) is 29.3 Å². The maximum absolute atomic E-state index is 6.00. The topological polar surface area (TPSA) is 48.1 Å². The second-order valence-corrected chi connectivity index (χ2v) is 6.96. The van der Waals surface area contributed by atoms with E-state index in [4.69, 9.17) is 10.5 Å². The second-order valence-electron chi connectivity index (χ2n) is 6.04. The van der Waals surface area contributed by atoms with Gasteiger partial charge in [0.05, 0.1) is 12.2 Å². The van der Waals surface area contributed by atoms with Gasteiger partial charge in [-0.15, -0.1) is 11.3 Å². The van der Waals surface area contributed by atoms with E-state index in [0.717, 1.165) is 11.3 Å². The Morgan fingerprint density at radius 1 is 1.42 bits per heavy atom. The first-order valence-electron chi connectivity index (χ1n) is 6.43. The third-order valence-corrected chi connectivity index (χ3v) is 4.62. The van der Waals surface area contributed by atoms with Gasteiger partial charge in [-0.25, -0.2) is 4.98 Å². The van der Waals surface area contributed by atoms with Gasteiger partial charge in [-0.2, -0.15) is 0 Å². The van der Waals surface area contributed by atoms with E-state index in [0.29, 0.717) is 18.3 Å². The van der Waals surface area contributed by atoms with Crippen molar-refractivity contribution in [2.45, 2.75) is 26.7 Å². The van der Waals surface area contributed by atoms with Crippen LogP contribution >= 0.6 is 11.3 Å². The lowest BCUT2D eigenvalue weighted by molar-refractivity contribution is 0.207. The normalized spacial score (nSPS) is 18.2. The molecule has 0 fully saturated rings. The van der Waals surface area contributed by atoms with E-state index in [2.05, 4.69) is 37.2 Å². The molecule has 4 heteroatoms. The van der Waals surface area contributed by atoms with Crippen molar-refractivity contribution in [3.63, 3.8) is 0 Å². The number of thiophene rings is 1. The van der Waals surface area contributed by atoms with Crippen LogP contribution in [0.5, 0.6) is 5.75 Å². The van der Waals surface area contributed by atoms with E-state index in [-0.39, 0.29) is 5.41 Å². The number of aromatic nitrogens is 1. The molecule has 100 valence electrons. The maximum atomic E-state index is 6.00. The Morgan fingerprint density at radius 3 is 2.95 bits per heavy atom. The fourth-order valence-corrected chi connectivity index (χ4v) is 3.51. The molecule has 1 unspecified atom stereocenters. The Balaban J connectivity index is 2.18. The third kappa shape index (κ3) is 2.10. The highest BCUT2D eigenvalue weighted by Crippen LogP contribution is 2.47. The molecule has 0 amide bonds. The van der Waals surface area contributed by atoms with Crippen LogP contribution in [0.4, 0.5) is 5.82 Å². The average Bonchev–Trinajstić information content (AvgIpc) is 2.71. The summed E-state index contributed by atoms with van der Waals surface area (Å²) in [5, 5.41) is 2.15. The largest absolute Gasteiger partial charge is 0.492 e. The molecule has 3 nitrogen and oxygen atoms in total. The Hall–Kier alpha value is -1.55. The fraction of sp³-hybridized carbons (Fsp3) is 0.400. The van der Waals surface area contributed by atoms with Gasteiger partial charge in [0, 0.05) is 23.1 Å². The molecule has 19 heavy (non-hydrogen) atoms. The lowest BCUT2D eigenvalue weighted by Crippen LogP contribution is -2.23. The van der Waals surface area contributed by atoms with E-state index in [1.807, 2.05) is 12.3 Å². The molecule has 0 spiro atoms. The first-order chi connectivity index (χ1) is 8.97. The minimum absolute atomic E-state index is 0.164. The van der Waals surface area contributed by atoms with Gasteiger partial charge >= 0.3 is 0 Å². The fourth-order valence-electron chi connectivity index (χ4n) is 2.53. The maximum Gasteiger partial charge on any atom is 0.133 e. The van der Waals surface area contributed by atoms with E-state index in [1.165, 1.54) is 10.4 Å². The number of nitrogens with two attached hydrogens (primary N) is 1. The lowest BCUT2D eigenvalue weighted by Gasteiger charge is -2.29. The van der Waals surface area contributed by atoms with Crippen LogP contribution in [0.25, 0.3) is 10.4 Å². The zero-order valence-corrected chi connectivity index (χ0v) is 12.3. The van der Waals surface area contributed by atoms with Crippen molar-refractivity contribution in [2.24, 2.45) is 5.41 Å². The van der Waals surface area contributed by atoms with Crippen molar-refractivity contribution in [1.82, 2.24) is 4.98 Å². The van der Waals surface area contributed by atoms with Crippen LogP contribution in [0.2, 0.25) is 0 Å². The van der Waals surface area contributed by atoms with Gasteiger partial charge in [0.25, 0.3) is 0 Å². The zero-order valence-electron chi connectivity index (χ0n) is 11.4.